The van der Waals surface area contributed by atoms with E-state index in [1.807, 2.05) is 30.3 Å². The van der Waals surface area contributed by atoms with Crippen LogP contribution in [0.1, 0.15) is 82.6 Å². The lowest BCUT2D eigenvalue weighted by molar-refractivity contribution is -0.141. The smallest absolute Gasteiger partial charge is 0.303 e. The fraction of sp³-hybridized carbons (Fsp3) is 0.630. The lowest BCUT2D eigenvalue weighted by atomic mass is 9.68. The number of benzene rings is 1. The van der Waals surface area contributed by atoms with Gasteiger partial charge in [0, 0.05) is 19.3 Å². The van der Waals surface area contributed by atoms with Gasteiger partial charge in [0.15, 0.2) is 0 Å². The first-order valence-corrected chi connectivity index (χ1v) is 12.5. The Labute approximate surface area is 206 Å². The molecule has 35 heavy (non-hydrogen) atoms. The summed E-state index contributed by atoms with van der Waals surface area (Å²) in [4.78, 5) is 46.4. The minimum Gasteiger partial charge on any atom is -0.481 e. The van der Waals surface area contributed by atoms with E-state index in [0.29, 0.717) is 57.8 Å². The van der Waals surface area contributed by atoms with Crippen LogP contribution in [0.15, 0.2) is 30.3 Å². The Morgan fingerprint density at radius 2 is 1.03 bits per heavy atom. The van der Waals surface area contributed by atoms with Crippen LogP contribution in [0.5, 0.6) is 0 Å². The van der Waals surface area contributed by atoms with Gasteiger partial charge in [0.2, 0.25) is 0 Å². The van der Waals surface area contributed by atoms with Gasteiger partial charge < -0.3 is 20.4 Å². The molecule has 1 aliphatic carbocycles. The molecule has 0 radical (unpaired) electrons. The van der Waals surface area contributed by atoms with Gasteiger partial charge in [-0.25, -0.2) is 0 Å². The molecular weight excluding hydrogens is 452 g/mol. The summed E-state index contributed by atoms with van der Waals surface area (Å²) in [5.74, 6) is -4.11. The average Bonchev–Trinajstić information content (AvgIpc) is 2.75. The van der Waals surface area contributed by atoms with Crippen LogP contribution in [0.4, 0.5) is 0 Å². The van der Waals surface area contributed by atoms with Crippen LogP contribution in [-0.4, -0.2) is 44.3 Å². The van der Waals surface area contributed by atoms with E-state index in [9.17, 15) is 39.6 Å². The molecule has 1 saturated carbocycles. The topological polar surface area (TPSA) is 149 Å². The van der Waals surface area contributed by atoms with Crippen LogP contribution in [0.2, 0.25) is 0 Å². The molecule has 0 amide bonds. The van der Waals surface area contributed by atoms with E-state index in [1.165, 1.54) is 0 Å². The summed E-state index contributed by atoms with van der Waals surface area (Å²) in [7, 11) is 0. The van der Waals surface area contributed by atoms with Crippen molar-refractivity contribution in [2.24, 2.45) is 23.2 Å². The predicted octanol–water partition coefficient (Wildman–Crippen LogP) is 5.10. The van der Waals surface area contributed by atoms with Gasteiger partial charge in [0.05, 0.1) is 6.42 Å². The van der Waals surface area contributed by atoms with Crippen molar-refractivity contribution in [3.8, 4) is 0 Å². The average molecular weight is 491 g/mol. The summed E-state index contributed by atoms with van der Waals surface area (Å²) in [6.45, 7) is 0. The summed E-state index contributed by atoms with van der Waals surface area (Å²) < 4.78 is 0. The molecule has 0 bridgehead atoms. The number of carboxylic acid groups (broad SMARTS) is 4. The van der Waals surface area contributed by atoms with Crippen molar-refractivity contribution < 1.29 is 39.6 Å². The summed E-state index contributed by atoms with van der Waals surface area (Å²) >= 11 is 0. The van der Waals surface area contributed by atoms with Gasteiger partial charge in [-0.2, -0.15) is 0 Å². The van der Waals surface area contributed by atoms with Crippen LogP contribution in [0.25, 0.3) is 0 Å². The minimum atomic E-state index is -0.917. The molecule has 1 aromatic carbocycles. The van der Waals surface area contributed by atoms with Gasteiger partial charge in [0.1, 0.15) is 0 Å². The van der Waals surface area contributed by atoms with E-state index in [2.05, 4.69) is 0 Å². The van der Waals surface area contributed by atoms with Crippen LogP contribution < -0.4 is 0 Å². The molecule has 8 heteroatoms. The molecule has 0 spiro atoms. The molecule has 8 nitrogen and oxygen atoms in total. The highest BCUT2D eigenvalue weighted by Crippen LogP contribution is 2.42. The van der Waals surface area contributed by atoms with E-state index in [4.69, 9.17) is 0 Å². The number of hydrogen-bond donors (Lipinski definition) is 4. The maximum Gasteiger partial charge on any atom is 0.303 e. The molecule has 0 aliphatic heterocycles. The van der Waals surface area contributed by atoms with Crippen LogP contribution in [0, 0.1) is 23.2 Å². The molecule has 4 N–H and O–H groups in total. The number of rotatable bonds is 10. The largest absolute Gasteiger partial charge is 0.481 e. The molecule has 1 aliphatic rings. The molecule has 2 atom stereocenters. The van der Waals surface area contributed by atoms with Gasteiger partial charge >= 0.3 is 23.9 Å². The van der Waals surface area contributed by atoms with Crippen LogP contribution in [-0.2, 0) is 25.6 Å². The highest BCUT2D eigenvalue weighted by molar-refractivity contribution is 5.68. The second kappa shape index (κ2) is 13.9. The second-order valence-corrected chi connectivity index (χ2v) is 10.4. The number of hydrogen-bond acceptors (Lipinski definition) is 4. The first-order valence-electron chi connectivity index (χ1n) is 12.5. The van der Waals surface area contributed by atoms with Crippen LogP contribution in [0.3, 0.4) is 0 Å². The van der Waals surface area contributed by atoms with Gasteiger partial charge in [0.25, 0.3) is 0 Å². The quantitative estimate of drug-likeness (QED) is 0.354. The lowest BCUT2D eigenvalue weighted by Gasteiger charge is -2.36. The molecule has 2 rings (SSSR count). The van der Waals surface area contributed by atoms with Crippen molar-refractivity contribution in [3.05, 3.63) is 35.9 Å². The van der Waals surface area contributed by atoms with Crippen molar-refractivity contribution in [3.63, 3.8) is 0 Å². The number of carboxylic acids is 4. The van der Waals surface area contributed by atoms with Crippen molar-refractivity contribution in [2.45, 2.75) is 83.5 Å². The van der Waals surface area contributed by atoms with Gasteiger partial charge in [-0.1, -0.05) is 30.3 Å². The molecule has 0 saturated heterocycles. The Morgan fingerprint density at radius 1 is 0.629 bits per heavy atom. The van der Waals surface area contributed by atoms with Crippen molar-refractivity contribution in [1.82, 2.24) is 0 Å². The molecule has 2 unspecified atom stereocenters. The third-order valence-electron chi connectivity index (χ3n) is 7.47. The molecule has 0 heterocycles. The Kier molecular flexibility index (Phi) is 11.2. The lowest BCUT2D eigenvalue weighted by Crippen LogP contribution is -2.30. The molecular formula is C27H38O8. The van der Waals surface area contributed by atoms with E-state index in [1.54, 1.807) is 0 Å². The summed E-state index contributed by atoms with van der Waals surface area (Å²) in [6, 6.07) is 9.62. The molecule has 194 valence electrons. The third-order valence-corrected chi connectivity index (χ3v) is 7.47. The second-order valence-electron chi connectivity index (χ2n) is 10.4. The maximum absolute atomic E-state index is 12.0. The normalized spacial score (nSPS) is 26.1. The third kappa shape index (κ3) is 10.9. The number of aliphatic carboxylic acids is 4. The van der Waals surface area contributed by atoms with Gasteiger partial charge in [-0.3, -0.25) is 19.2 Å². The highest BCUT2D eigenvalue weighted by Gasteiger charge is 2.35. The highest BCUT2D eigenvalue weighted by atomic mass is 16.4. The Morgan fingerprint density at radius 3 is 1.40 bits per heavy atom. The summed E-state index contributed by atoms with van der Waals surface area (Å²) in [5.41, 5.74) is 0.396. The first kappa shape index (κ1) is 28.3. The summed E-state index contributed by atoms with van der Waals surface area (Å²) in [6.07, 6.45) is 4.75. The monoisotopic (exact) mass is 490 g/mol. The fourth-order valence-corrected chi connectivity index (χ4v) is 5.64. The maximum atomic E-state index is 12.0. The zero-order chi connectivity index (χ0) is 25.8. The van der Waals surface area contributed by atoms with E-state index in [0.717, 1.165) is 5.56 Å². The van der Waals surface area contributed by atoms with Crippen molar-refractivity contribution in [2.75, 3.05) is 0 Å². The van der Waals surface area contributed by atoms with Crippen LogP contribution >= 0.6 is 0 Å². The van der Waals surface area contributed by atoms with E-state index in [-0.39, 0.29) is 43.4 Å². The van der Waals surface area contributed by atoms with E-state index >= 15 is 0 Å². The van der Waals surface area contributed by atoms with Gasteiger partial charge in [-0.05, 0) is 86.5 Å². The van der Waals surface area contributed by atoms with Gasteiger partial charge in [-0.15, -0.1) is 0 Å². The zero-order valence-corrected chi connectivity index (χ0v) is 20.2. The zero-order valence-electron chi connectivity index (χ0n) is 20.2. The first-order chi connectivity index (χ1) is 16.6. The molecule has 1 fully saturated rings. The molecule has 1 aromatic rings. The van der Waals surface area contributed by atoms with Crippen molar-refractivity contribution in [1.29, 1.82) is 0 Å². The Balaban J connectivity index is 2.37. The predicted molar refractivity (Wildman–Crippen MR) is 129 cm³/mol. The molecule has 0 aromatic heterocycles. The standard InChI is InChI=1S/C27H38O8/c28-23(29)14-19-6-8-20(15-24(30)31)10-12-27(18-26(34)35,17-22-4-2-1-3-5-22)13-11-21(9-7-19)16-25(32)33/h1-5,19-21H,6-18H2,(H,28,29)(H,30,31)(H,32,33)(H,34,35). The minimum absolute atomic E-state index is 0.0173. The Hall–Kier alpha value is -2.90. The Bertz CT molecular complexity index is 818. The van der Waals surface area contributed by atoms with E-state index < -0.39 is 29.3 Å². The fourth-order valence-electron chi connectivity index (χ4n) is 5.64. The SMILES string of the molecule is O=C(O)CC1CCC(CC(=O)O)CCC(CC(=O)O)(Cc2ccccc2)CCC(CC(=O)O)CC1. The summed E-state index contributed by atoms with van der Waals surface area (Å²) in [5, 5.41) is 38.0. The number of carbonyl (C=O) groups is 4. The van der Waals surface area contributed by atoms with Crippen molar-refractivity contribution >= 4 is 23.9 Å².